The van der Waals surface area contributed by atoms with Crippen LogP contribution in [-0.4, -0.2) is 17.5 Å². The molecule has 3 nitrogen and oxygen atoms in total. The van der Waals surface area contributed by atoms with Crippen molar-refractivity contribution in [2.24, 2.45) is 0 Å². The Morgan fingerprint density at radius 2 is 1.84 bits per heavy atom. The molecule has 0 saturated carbocycles. The molecule has 0 amide bonds. The second kappa shape index (κ2) is 6.45. The van der Waals surface area contributed by atoms with Crippen molar-refractivity contribution >= 4 is 17.5 Å². The van der Waals surface area contributed by atoms with Crippen LogP contribution >= 0.6 is 11.8 Å². The molecule has 2 heterocycles. The number of hydrogen-bond donors (Lipinski definition) is 0. The summed E-state index contributed by atoms with van der Waals surface area (Å²) in [6, 6.07) is 20.5. The molecule has 0 unspecified atom stereocenters. The summed E-state index contributed by atoms with van der Waals surface area (Å²) in [7, 11) is 1.66. The summed E-state index contributed by atoms with van der Waals surface area (Å²) in [5.74, 6) is 1.83. The maximum absolute atomic E-state index is 12.3. The molecule has 1 aromatic heterocycles. The van der Waals surface area contributed by atoms with Gasteiger partial charge in [0.2, 0.25) is 0 Å². The van der Waals surface area contributed by atoms with E-state index < -0.39 is 0 Å². The van der Waals surface area contributed by atoms with Gasteiger partial charge in [-0.15, -0.1) is 11.8 Å². The van der Waals surface area contributed by atoms with Gasteiger partial charge in [0.1, 0.15) is 11.1 Å². The van der Waals surface area contributed by atoms with Gasteiger partial charge in [-0.25, -0.2) is 0 Å². The van der Waals surface area contributed by atoms with E-state index in [-0.39, 0.29) is 11.2 Å². The third kappa shape index (κ3) is 2.76. The number of ether oxygens (including phenoxy) is 1. The smallest absolute Gasteiger partial charge is 0.161 e. The van der Waals surface area contributed by atoms with Crippen LogP contribution in [0, 0.1) is 0 Å². The van der Waals surface area contributed by atoms with Gasteiger partial charge in [-0.3, -0.25) is 4.79 Å². The van der Waals surface area contributed by atoms with E-state index in [9.17, 15) is 4.79 Å². The number of carbonyl (C=O) groups is 1. The molecule has 0 N–H and O–H groups in total. The van der Waals surface area contributed by atoms with Crippen molar-refractivity contribution < 1.29 is 9.53 Å². The van der Waals surface area contributed by atoms with E-state index in [1.165, 1.54) is 11.3 Å². The third-order valence-electron chi connectivity index (χ3n) is 4.57. The largest absolute Gasteiger partial charge is 0.497 e. The molecular weight excluding hydrogens is 330 g/mol. The number of fused-ring (bicyclic) bond motifs is 1. The molecule has 1 aliphatic heterocycles. The summed E-state index contributed by atoms with van der Waals surface area (Å²) in [5, 5.41) is 0.196. The number of ketones is 1. The fraction of sp³-hybridized carbons (Fsp3) is 0.190. The molecule has 1 aliphatic rings. The lowest BCUT2D eigenvalue weighted by atomic mass is 10.0. The van der Waals surface area contributed by atoms with Gasteiger partial charge in [-0.2, -0.15) is 0 Å². The fourth-order valence-corrected chi connectivity index (χ4v) is 4.66. The monoisotopic (exact) mass is 349 g/mol. The summed E-state index contributed by atoms with van der Waals surface area (Å²) in [5.41, 5.74) is 5.30. The summed E-state index contributed by atoms with van der Waals surface area (Å²) < 4.78 is 7.59. The highest BCUT2D eigenvalue weighted by Gasteiger charge is 2.30. The molecular formula is C21H19NO2S. The Hall–Kier alpha value is -2.46. The van der Waals surface area contributed by atoms with Crippen molar-refractivity contribution in [3.05, 3.63) is 77.5 Å². The van der Waals surface area contributed by atoms with E-state index in [1.54, 1.807) is 14.0 Å². The van der Waals surface area contributed by atoms with Gasteiger partial charge >= 0.3 is 0 Å². The summed E-state index contributed by atoms with van der Waals surface area (Å²) in [6.07, 6.45) is 0. The molecule has 0 saturated heterocycles. The van der Waals surface area contributed by atoms with Gasteiger partial charge in [-0.05, 0) is 48.4 Å². The van der Waals surface area contributed by atoms with Gasteiger partial charge < -0.3 is 9.30 Å². The van der Waals surface area contributed by atoms with Gasteiger partial charge in [0.05, 0.1) is 12.8 Å². The maximum atomic E-state index is 12.3. The minimum Gasteiger partial charge on any atom is -0.497 e. The van der Waals surface area contributed by atoms with Crippen molar-refractivity contribution in [1.82, 2.24) is 4.57 Å². The zero-order valence-electron chi connectivity index (χ0n) is 14.2. The Balaban J connectivity index is 1.89. The van der Waals surface area contributed by atoms with Crippen LogP contribution in [0.25, 0.3) is 11.3 Å². The Morgan fingerprint density at radius 3 is 2.48 bits per heavy atom. The molecule has 126 valence electrons. The summed E-state index contributed by atoms with van der Waals surface area (Å²) >= 11 is 1.89. The Bertz CT molecular complexity index is 913. The number of thioether (sulfide) groups is 1. The van der Waals surface area contributed by atoms with E-state index >= 15 is 0 Å². The van der Waals surface area contributed by atoms with Crippen LogP contribution in [0.3, 0.4) is 0 Å². The summed E-state index contributed by atoms with van der Waals surface area (Å²) in [4.78, 5) is 12.3. The molecule has 0 radical (unpaired) electrons. The van der Waals surface area contributed by atoms with Crippen molar-refractivity contribution in [2.45, 2.75) is 18.1 Å². The van der Waals surface area contributed by atoms with E-state index in [4.69, 9.17) is 4.74 Å². The van der Waals surface area contributed by atoms with Gasteiger partial charge in [0, 0.05) is 17.0 Å². The first-order valence-corrected chi connectivity index (χ1v) is 9.30. The van der Waals surface area contributed by atoms with Crippen LogP contribution in [0.2, 0.25) is 0 Å². The third-order valence-corrected chi connectivity index (χ3v) is 5.83. The number of methoxy groups -OCH3 is 1. The first-order chi connectivity index (χ1) is 12.2. The Labute approximate surface area is 151 Å². The SMILES string of the molecule is COc1ccc(-c2c(C(C)=O)cc3n2[C@@H](c2ccccc2)SC3)cc1. The summed E-state index contributed by atoms with van der Waals surface area (Å²) in [6.45, 7) is 1.64. The van der Waals surface area contributed by atoms with Gasteiger partial charge in [0.15, 0.2) is 5.78 Å². The highest BCUT2D eigenvalue weighted by atomic mass is 32.2. The molecule has 0 aliphatic carbocycles. The molecule has 25 heavy (non-hydrogen) atoms. The average Bonchev–Trinajstić information content (AvgIpc) is 3.22. The second-order valence-electron chi connectivity index (χ2n) is 6.13. The number of hydrogen-bond acceptors (Lipinski definition) is 3. The molecule has 3 aromatic rings. The first-order valence-electron chi connectivity index (χ1n) is 8.25. The molecule has 4 rings (SSSR count). The van der Waals surface area contributed by atoms with Crippen LogP contribution < -0.4 is 4.74 Å². The minimum atomic E-state index is 0.101. The van der Waals surface area contributed by atoms with E-state index in [0.717, 1.165) is 28.3 Å². The normalized spacial score (nSPS) is 15.8. The quantitative estimate of drug-likeness (QED) is 0.610. The average molecular weight is 349 g/mol. The van der Waals surface area contributed by atoms with Gasteiger partial charge in [0.25, 0.3) is 0 Å². The van der Waals surface area contributed by atoms with Crippen LogP contribution in [-0.2, 0) is 5.75 Å². The van der Waals surface area contributed by atoms with E-state index in [0.29, 0.717) is 0 Å². The van der Waals surface area contributed by atoms with Crippen molar-refractivity contribution in [3.63, 3.8) is 0 Å². The highest BCUT2D eigenvalue weighted by molar-refractivity contribution is 7.99. The van der Waals surface area contributed by atoms with Crippen LogP contribution in [0.4, 0.5) is 0 Å². The molecule has 4 heteroatoms. The molecule has 0 bridgehead atoms. The molecule has 0 fully saturated rings. The van der Waals surface area contributed by atoms with Crippen molar-refractivity contribution in [1.29, 1.82) is 0 Å². The minimum absolute atomic E-state index is 0.101. The lowest BCUT2D eigenvalue weighted by Gasteiger charge is -2.18. The first kappa shape index (κ1) is 16.0. The topological polar surface area (TPSA) is 31.2 Å². The fourth-order valence-electron chi connectivity index (χ4n) is 3.37. The number of benzene rings is 2. The van der Waals surface area contributed by atoms with E-state index in [2.05, 4.69) is 34.9 Å². The standard InChI is InChI=1S/C21H19NO2S/c1-14(23)19-12-17-13-25-21(16-6-4-3-5-7-16)22(17)20(19)15-8-10-18(24-2)11-9-15/h3-12,21H,13H2,1-2H3/t21-/m1/s1. The maximum Gasteiger partial charge on any atom is 0.161 e. The van der Waals surface area contributed by atoms with Crippen molar-refractivity contribution in [2.75, 3.05) is 7.11 Å². The zero-order valence-corrected chi connectivity index (χ0v) is 15.0. The van der Waals surface area contributed by atoms with E-state index in [1.807, 2.05) is 42.1 Å². The Kier molecular flexibility index (Phi) is 4.14. The predicted octanol–water partition coefficient (Wildman–Crippen LogP) is 5.16. The number of aromatic nitrogens is 1. The van der Waals surface area contributed by atoms with Crippen LogP contribution in [0.15, 0.2) is 60.7 Å². The lowest BCUT2D eigenvalue weighted by molar-refractivity contribution is 0.101. The number of nitrogens with zero attached hydrogens (tertiary/aromatic N) is 1. The lowest BCUT2D eigenvalue weighted by Crippen LogP contribution is -2.07. The van der Waals surface area contributed by atoms with Crippen LogP contribution in [0.5, 0.6) is 5.75 Å². The number of rotatable bonds is 4. The molecule has 2 aromatic carbocycles. The van der Waals surface area contributed by atoms with Crippen LogP contribution in [0.1, 0.15) is 33.9 Å². The zero-order chi connectivity index (χ0) is 17.4. The van der Waals surface area contributed by atoms with Gasteiger partial charge in [-0.1, -0.05) is 30.3 Å². The highest BCUT2D eigenvalue weighted by Crippen LogP contribution is 2.46. The number of Topliss-reactive ketones (excluding diaryl/α,β-unsaturated/α-hetero) is 1. The number of carbonyl (C=O) groups excluding carboxylic acids is 1. The predicted molar refractivity (Wildman–Crippen MR) is 102 cm³/mol. The van der Waals surface area contributed by atoms with Crippen molar-refractivity contribution in [3.8, 4) is 17.0 Å². The second-order valence-corrected chi connectivity index (χ2v) is 7.20. The Morgan fingerprint density at radius 1 is 1.12 bits per heavy atom. The molecule has 1 atom stereocenters. The molecule has 0 spiro atoms.